The summed E-state index contributed by atoms with van der Waals surface area (Å²) in [5.41, 5.74) is 1.74. The van der Waals surface area contributed by atoms with Crippen LogP contribution < -0.4 is 5.32 Å². The van der Waals surface area contributed by atoms with Crippen LogP contribution in [0, 0.1) is 10.1 Å². The smallest absolute Gasteiger partial charge is 0.269 e. The van der Waals surface area contributed by atoms with Gasteiger partial charge in [-0.2, -0.15) is 0 Å². The molecule has 0 atom stereocenters. The van der Waals surface area contributed by atoms with Crippen molar-refractivity contribution in [2.45, 2.75) is 13.1 Å². The molecule has 4 nitrogen and oxygen atoms in total. The zero-order valence-corrected chi connectivity index (χ0v) is 12.0. The van der Waals surface area contributed by atoms with Gasteiger partial charge in [0.25, 0.3) is 5.69 Å². The molecule has 0 amide bonds. The number of nitro groups is 1. The molecule has 2 aromatic carbocycles. The van der Waals surface area contributed by atoms with Crippen LogP contribution in [0.15, 0.2) is 42.5 Å². The molecular weight excluding hydrogens is 299 g/mol. The van der Waals surface area contributed by atoms with Crippen LogP contribution in [0.25, 0.3) is 0 Å². The lowest BCUT2D eigenvalue weighted by atomic mass is 10.2. The number of non-ortho nitro benzene ring substituents is 1. The second-order valence-corrected chi connectivity index (χ2v) is 5.05. The fraction of sp³-hybridized carbons (Fsp3) is 0.143. The van der Waals surface area contributed by atoms with Gasteiger partial charge in [0.1, 0.15) is 0 Å². The monoisotopic (exact) mass is 310 g/mol. The Labute approximate surface area is 126 Å². The maximum Gasteiger partial charge on any atom is 0.269 e. The van der Waals surface area contributed by atoms with E-state index in [2.05, 4.69) is 5.32 Å². The van der Waals surface area contributed by atoms with Gasteiger partial charge in [-0.1, -0.05) is 41.4 Å². The molecule has 2 aromatic rings. The van der Waals surface area contributed by atoms with Crippen molar-refractivity contribution in [3.05, 3.63) is 73.8 Å². The van der Waals surface area contributed by atoms with E-state index < -0.39 is 4.92 Å². The number of rotatable bonds is 5. The van der Waals surface area contributed by atoms with Crippen LogP contribution in [0.2, 0.25) is 10.0 Å². The van der Waals surface area contributed by atoms with E-state index in [1.807, 2.05) is 6.07 Å². The quantitative estimate of drug-likeness (QED) is 0.665. The van der Waals surface area contributed by atoms with Crippen LogP contribution in [0.5, 0.6) is 0 Å². The topological polar surface area (TPSA) is 55.2 Å². The first-order valence-corrected chi connectivity index (χ1v) is 6.70. The van der Waals surface area contributed by atoms with Crippen molar-refractivity contribution < 1.29 is 4.92 Å². The molecule has 1 N–H and O–H groups in total. The van der Waals surface area contributed by atoms with Crippen LogP contribution in [-0.2, 0) is 13.1 Å². The standard InChI is InChI=1S/C14H12Cl2N2O2/c15-13-5-2-6-14(16)12(13)9-17-8-10-3-1-4-11(7-10)18(19)20/h1-7,17H,8-9H2. The summed E-state index contributed by atoms with van der Waals surface area (Å²) >= 11 is 12.1. The molecule has 0 aliphatic carbocycles. The van der Waals surface area contributed by atoms with Crippen molar-refractivity contribution in [3.8, 4) is 0 Å². The Morgan fingerprint density at radius 3 is 2.35 bits per heavy atom. The van der Waals surface area contributed by atoms with E-state index in [0.29, 0.717) is 23.1 Å². The molecule has 2 rings (SSSR count). The third-order valence-corrected chi connectivity index (χ3v) is 3.52. The largest absolute Gasteiger partial charge is 0.309 e. The Balaban J connectivity index is 1.99. The number of hydrogen-bond acceptors (Lipinski definition) is 3. The summed E-state index contributed by atoms with van der Waals surface area (Å²) < 4.78 is 0. The van der Waals surface area contributed by atoms with E-state index in [4.69, 9.17) is 23.2 Å². The van der Waals surface area contributed by atoms with E-state index in [1.165, 1.54) is 6.07 Å². The molecule has 0 saturated carbocycles. The van der Waals surface area contributed by atoms with E-state index >= 15 is 0 Å². The molecule has 0 heterocycles. The Bertz CT molecular complexity index is 612. The molecule has 0 aliphatic rings. The van der Waals surface area contributed by atoms with Crippen molar-refractivity contribution in [2.75, 3.05) is 0 Å². The molecule has 0 radical (unpaired) electrons. The molecule has 0 fully saturated rings. The van der Waals surface area contributed by atoms with Crippen LogP contribution in [0.1, 0.15) is 11.1 Å². The minimum atomic E-state index is -0.408. The SMILES string of the molecule is O=[N+]([O-])c1cccc(CNCc2c(Cl)cccc2Cl)c1. The lowest BCUT2D eigenvalue weighted by molar-refractivity contribution is -0.384. The lowest BCUT2D eigenvalue weighted by Gasteiger charge is -2.08. The zero-order valence-electron chi connectivity index (χ0n) is 10.5. The minimum absolute atomic E-state index is 0.0834. The molecule has 0 aliphatic heterocycles. The van der Waals surface area contributed by atoms with E-state index in [0.717, 1.165) is 11.1 Å². The summed E-state index contributed by atoms with van der Waals surface area (Å²) in [4.78, 5) is 10.3. The van der Waals surface area contributed by atoms with Gasteiger partial charge in [-0.3, -0.25) is 10.1 Å². The van der Waals surface area contributed by atoms with Gasteiger partial charge in [-0.15, -0.1) is 0 Å². The van der Waals surface area contributed by atoms with Gasteiger partial charge in [-0.25, -0.2) is 0 Å². The molecule has 0 spiro atoms. The Kier molecular flexibility index (Phi) is 4.95. The third kappa shape index (κ3) is 3.70. The van der Waals surface area contributed by atoms with Gasteiger partial charge < -0.3 is 5.32 Å². The van der Waals surface area contributed by atoms with E-state index in [9.17, 15) is 10.1 Å². The highest BCUT2D eigenvalue weighted by Gasteiger charge is 2.07. The second kappa shape index (κ2) is 6.70. The van der Waals surface area contributed by atoms with Crippen molar-refractivity contribution in [2.24, 2.45) is 0 Å². The first kappa shape index (κ1) is 14.8. The maximum absolute atomic E-state index is 10.7. The second-order valence-electron chi connectivity index (χ2n) is 4.23. The number of nitrogens with one attached hydrogen (secondary N) is 1. The maximum atomic E-state index is 10.7. The first-order chi connectivity index (χ1) is 9.58. The van der Waals surface area contributed by atoms with Crippen molar-refractivity contribution in [3.63, 3.8) is 0 Å². The van der Waals surface area contributed by atoms with Gasteiger partial charge in [0, 0.05) is 40.8 Å². The summed E-state index contributed by atoms with van der Waals surface area (Å²) in [6.07, 6.45) is 0. The number of benzene rings is 2. The van der Waals surface area contributed by atoms with Crippen molar-refractivity contribution in [1.82, 2.24) is 5.32 Å². The Hall–Kier alpha value is -1.62. The highest BCUT2D eigenvalue weighted by Crippen LogP contribution is 2.24. The fourth-order valence-electron chi connectivity index (χ4n) is 1.81. The average Bonchev–Trinajstić information content (AvgIpc) is 2.42. The molecule has 6 heteroatoms. The van der Waals surface area contributed by atoms with Crippen LogP contribution in [0.3, 0.4) is 0 Å². The summed E-state index contributed by atoms with van der Waals surface area (Å²) in [5.74, 6) is 0. The Morgan fingerprint density at radius 2 is 1.70 bits per heavy atom. The van der Waals surface area contributed by atoms with Gasteiger partial charge in [0.05, 0.1) is 4.92 Å². The lowest BCUT2D eigenvalue weighted by Crippen LogP contribution is -2.13. The number of nitro benzene ring substituents is 1. The van der Waals surface area contributed by atoms with Crippen LogP contribution >= 0.6 is 23.2 Å². The number of nitrogens with zero attached hydrogens (tertiary/aromatic N) is 1. The van der Waals surface area contributed by atoms with Gasteiger partial charge in [0.2, 0.25) is 0 Å². The highest BCUT2D eigenvalue weighted by molar-refractivity contribution is 6.35. The third-order valence-electron chi connectivity index (χ3n) is 2.81. The van der Waals surface area contributed by atoms with Gasteiger partial charge in [-0.05, 0) is 17.7 Å². The molecular formula is C14H12Cl2N2O2. The van der Waals surface area contributed by atoms with Crippen LogP contribution in [0.4, 0.5) is 5.69 Å². The zero-order chi connectivity index (χ0) is 14.5. The van der Waals surface area contributed by atoms with Crippen molar-refractivity contribution >= 4 is 28.9 Å². The molecule has 0 saturated heterocycles. The summed E-state index contributed by atoms with van der Waals surface area (Å²) in [5, 5.41) is 15.1. The Morgan fingerprint density at radius 1 is 1.05 bits per heavy atom. The van der Waals surface area contributed by atoms with E-state index in [1.54, 1.807) is 30.3 Å². The highest BCUT2D eigenvalue weighted by atomic mass is 35.5. The van der Waals surface area contributed by atoms with Gasteiger partial charge in [0.15, 0.2) is 0 Å². The van der Waals surface area contributed by atoms with E-state index in [-0.39, 0.29) is 5.69 Å². The van der Waals surface area contributed by atoms with Crippen molar-refractivity contribution in [1.29, 1.82) is 0 Å². The molecule has 104 valence electrons. The predicted molar refractivity (Wildman–Crippen MR) is 80.1 cm³/mol. The fourth-order valence-corrected chi connectivity index (χ4v) is 2.34. The van der Waals surface area contributed by atoms with Gasteiger partial charge >= 0.3 is 0 Å². The molecule has 0 aromatic heterocycles. The number of hydrogen-bond donors (Lipinski definition) is 1. The number of halogens is 2. The molecule has 0 unspecified atom stereocenters. The summed E-state index contributed by atoms with van der Waals surface area (Å²) in [6.45, 7) is 1.00. The minimum Gasteiger partial charge on any atom is -0.309 e. The first-order valence-electron chi connectivity index (χ1n) is 5.95. The summed E-state index contributed by atoms with van der Waals surface area (Å²) in [7, 11) is 0. The molecule has 20 heavy (non-hydrogen) atoms. The van der Waals surface area contributed by atoms with Crippen LogP contribution in [-0.4, -0.2) is 4.92 Å². The summed E-state index contributed by atoms with van der Waals surface area (Å²) in [6, 6.07) is 11.8. The normalized spacial score (nSPS) is 10.5. The predicted octanol–water partition coefficient (Wildman–Crippen LogP) is 4.19. The average molecular weight is 311 g/mol. The molecule has 0 bridgehead atoms.